The number of aromatic nitrogens is 3. The van der Waals surface area contributed by atoms with Crippen molar-refractivity contribution in [3.05, 3.63) is 78.0 Å². The van der Waals surface area contributed by atoms with Crippen LogP contribution in [0, 0.1) is 6.92 Å². The SMILES string of the molecule is Cc1nn(C)c2nc(-c3ccccc3)cc(C(=O)N(C)c3ccccc3)c12. The van der Waals surface area contributed by atoms with Gasteiger partial charge in [0.25, 0.3) is 5.91 Å². The van der Waals surface area contributed by atoms with E-state index in [1.807, 2.05) is 80.7 Å². The fourth-order valence-corrected chi connectivity index (χ4v) is 3.32. The molecule has 4 rings (SSSR count). The molecule has 0 aliphatic heterocycles. The molecule has 5 nitrogen and oxygen atoms in total. The molecule has 0 N–H and O–H groups in total. The highest BCUT2D eigenvalue weighted by Gasteiger charge is 2.22. The van der Waals surface area contributed by atoms with Gasteiger partial charge in [-0.1, -0.05) is 48.5 Å². The van der Waals surface area contributed by atoms with Crippen molar-refractivity contribution in [2.24, 2.45) is 7.05 Å². The molecule has 0 atom stereocenters. The van der Waals surface area contributed by atoms with Crippen LogP contribution in [0.5, 0.6) is 0 Å². The van der Waals surface area contributed by atoms with Gasteiger partial charge in [0, 0.05) is 25.3 Å². The Bertz CT molecular complexity index is 1120. The van der Waals surface area contributed by atoms with Crippen LogP contribution in [-0.2, 0) is 7.05 Å². The fourth-order valence-electron chi connectivity index (χ4n) is 3.32. The summed E-state index contributed by atoms with van der Waals surface area (Å²) in [6.45, 7) is 1.91. The van der Waals surface area contributed by atoms with Gasteiger partial charge >= 0.3 is 0 Å². The van der Waals surface area contributed by atoms with Gasteiger partial charge < -0.3 is 4.90 Å². The number of para-hydroxylation sites is 1. The van der Waals surface area contributed by atoms with Crippen molar-refractivity contribution in [3.63, 3.8) is 0 Å². The van der Waals surface area contributed by atoms with Crippen LogP contribution in [0.15, 0.2) is 66.7 Å². The Morgan fingerprint density at radius 3 is 2.30 bits per heavy atom. The molecule has 0 aliphatic carbocycles. The summed E-state index contributed by atoms with van der Waals surface area (Å²) in [5, 5.41) is 5.28. The van der Waals surface area contributed by atoms with Gasteiger partial charge in [-0.2, -0.15) is 5.10 Å². The lowest BCUT2D eigenvalue weighted by molar-refractivity contribution is 0.0994. The van der Waals surface area contributed by atoms with E-state index < -0.39 is 0 Å². The summed E-state index contributed by atoms with van der Waals surface area (Å²) in [7, 11) is 3.64. The Balaban J connectivity index is 1.92. The maximum atomic E-state index is 13.4. The Morgan fingerprint density at radius 1 is 1.00 bits per heavy atom. The zero-order valence-corrected chi connectivity index (χ0v) is 15.5. The molecule has 27 heavy (non-hydrogen) atoms. The van der Waals surface area contributed by atoms with Crippen LogP contribution in [0.25, 0.3) is 22.3 Å². The Hall–Kier alpha value is -3.47. The molecular formula is C22H20N4O. The number of nitrogens with zero attached hydrogens (tertiary/aromatic N) is 4. The molecule has 0 spiro atoms. The molecule has 0 fully saturated rings. The van der Waals surface area contributed by atoms with Gasteiger partial charge in [0.2, 0.25) is 0 Å². The van der Waals surface area contributed by atoms with Crippen LogP contribution in [0.1, 0.15) is 16.1 Å². The van der Waals surface area contributed by atoms with Crippen LogP contribution >= 0.6 is 0 Å². The van der Waals surface area contributed by atoms with E-state index in [0.717, 1.165) is 28.0 Å². The van der Waals surface area contributed by atoms with Crippen molar-refractivity contribution in [2.45, 2.75) is 6.92 Å². The van der Waals surface area contributed by atoms with E-state index in [0.29, 0.717) is 11.2 Å². The zero-order valence-electron chi connectivity index (χ0n) is 15.5. The van der Waals surface area contributed by atoms with Crippen LogP contribution < -0.4 is 4.90 Å². The van der Waals surface area contributed by atoms with E-state index >= 15 is 0 Å². The predicted octanol–water partition coefficient (Wildman–Crippen LogP) is 4.22. The number of carbonyl (C=O) groups is 1. The minimum atomic E-state index is -0.0816. The summed E-state index contributed by atoms with van der Waals surface area (Å²) in [5.74, 6) is -0.0816. The van der Waals surface area contributed by atoms with Gasteiger partial charge in [0.15, 0.2) is 5.65 Å². The second-order valence-corrected chi connectivity index (χ2v) is 6.53. The Morgan fingerprint density at radius 2 is 1.63 bits per heavy atom. The van der Waals surface area contributed by atoms with E-state index in [9.17, 15) is 4.79 Å². The number of pyridine rings is 1. The highest BCUT2D eigenvalue weighted by molar-refractivity contribution is 6.14. The van der Waals surface area contributed by atoms with Crippen molar-refractivity contribution in [2.75, 3.05) is 11.9 Å². The van der Waals surface area contributed by atoms with E-state index in [1.54, 1.807) is 16.6 Å². The van der Waals surface area contributed by atoms with Crippen molar-refractivity contribution >= 4 is 22.6 Å². The Labute approximate surface area is 157 Å². The minimum Gasteiger partial charge on any atom is -0.311 e. The van der Waals surface area contributed by atoms with Gasteiger partial charge in [0.05, 0.1) is 22.3 Å². The molecule has 4 aromatic rings. The first kappa shape index (κ1) is 17.0. The van der Waals surface area contributed by atoms with Crippen molar-refractivity contribution in [1.82, 2.24) is 14.8 Å². The van der Waals surface area contributed by atoms with Gasteiger partial charge in [-0.05, 0) is 25.1 Å². The average molecular weight is 356 g/mol. The molecule has 0 saturated heterocycles. The van der Waals surface area contributed by atoms with Gasteiger partial charge in [0.1, 0.15) is 0 Å². The number of amides is 1. The molecule has 2 heterocycles. The van der Waals surface area contributed by atoms with Crippen molar-refractivity contribution in [3.8, 4) is 11.3 Å². The topological polar surface area (TPSA) is 51.0 Å². The third kappa shape index (κ3) is 2.97. The van der Waals surface area contributed by atoms with Crippen LogP contribution in [0.2, 0.25) is 0 Å². The molecular weight excluding hydrogens is 336 g/mol. The third-order valence-corrected chi connectivity index (χ3v) is 4.72. The molecule has 134 valence electrons. The van der Waals surface area contributed by atoms with Gasteiger partial charge in [-0.25, -0.2) is 4.98 Å². The van der Waals surface area contributed by atoms with E-state index in [1.165, 1.54) is 0 Å². The molecule has 0 unspecified atom stereocenters. The van der Waals surface area contributed by atoms with E-state index in [2.05, 4.69) is 5.10 Å². The number of hydrogen-bond donors (Lipinski definition) is 0. The first-order valence-corrected chi connectivity index (χ1v) is 8.79. The number of anilines is 1. The van der Waals surface area contributed by atoms with Crippen molar-refractivity contribution in [1.29, 1.82) is 0 Å². The molecule has 2 aromatic heterocycles. The maximum absolute atomic E-state index is 13.4. The summed E-state index contributed by atoms with van der Waals surface area (Å²) >= 11 is 0. The zero-order chi connectivity index (χ0) is 19.0. The maximum Gasteiger partial charge on any atom is 0.258 e. The molecule has 1 amide bonds. The normalized spacial score (nSPS) is 10.9. The summed E-state index contributed by atoms with van der Waals surface area (Å²) in [5.41, 5.74) is 4.68. The lowest BCUT2D eigenvalue weighted by Gasteiger charge is -2.18. The average Bonchev–Trinajstić information content (AvgIpc) is 3.01. The molecule has 0 aliphatic rings. The molecule has 5 heteroatoms. The Kier molecular flexibility index (Phi) is 4.20. The highest BCUT2D eigenvalue weighted by atomic mass is 16.2. The summed E-state index contributed by atoms with van der Waals surface area (Å²) in [6.07, 6.45) is 0. The lowest BCUT2D eigenvalue weighted by atomic mass is 10.0. The summed E-state index contributed by atoms with van der Waals surface area (Å²) in [6, 6.07) is 21.4. The smallest absolute Gasteiger partial charge is 0.258 e. The van der Waals surface area contributed by atoms with E-state index in [-0.39, 0.29) is 5.91 Å². The largest absolute Gasteiger partial charge is 0.311 e. The second kappa shape index (κ2) is 6.68. The first-order chi connectivity index (χ1) is 13.1. The quantitative estimate of drug-likeness (QED) is 0.552. The fraction of sp³-hybridized carbons (Fsp3) is 0.136. The van der Waals surface area contributed by atoms with Gasteiger partial charge in [-0.15, -0.1) is 0 Å². The molecule has 0 saturated carbocycles. The summed E-state index contributed by atoms with van der Waals surface area (Å²) < 4.78 is 1.73. The van der Waals surface area contributed by atoms with Gasteiger partial charge in [-0.3, -0.25) is 9.48 Å². The first-order valence-electron chi connectivity index (χ1n) is 8.79. The number of hydrogen-bond acceptors (Lipinski definition) is 3. The summed E-state index contributed by atoms with van der Waals surface area (Å²) in [4.78, 5) is 19.8. The number of aryl methyl sites for hydroxylation is 2. The van der Waals surface area contributed by atoms with Crippen molar-refractivity contribution < 1.29 is 4.79 Å². The standard InChI is InChI=1S/C22H20N4O/c1-15-20-18(22(27)25(2)17-12-8-5-9-13-17)14-19(16-10-6-4-7-11-16)23-21(20)26(3)24-15/h4-14H,1-3H3. The molecule has 0 radical (unpaired) electrons. The lowest BCUT2D eigenvalue weighted by Crippen LogP contribution is -2.26. The van der Waals surface area contributed by atoms with E-state index in [4.69, 9.17) is 4.98 Å². The van der Waals surface area contributed by atoms with Crippen LogP contribution in [0.3, 0.4) is 0 Å². The van der Waals surface area contributed by atoms with Crippen LogP contribution in [-0.4, -0.2) is 27.7 Å². The number of rotatable bonds is 3. The van der Waals surface area contributed by atoms with Crippen LogP contribution in [0.4, 0.5) is 5.69 Å². The number of fused-ring (bicyclic) bond motifs is 1. The minimum absolute atomic E-state index is 0.0816. The molecule has 0 bridgehead atoms. The second-order valence-electron chi connectivity index (χ2n) is 6.53. The number of carbonyl (C=O) groups excluding carboxylic acids is 1. The monoisotopic (exact) mass is 356 g/mol. The highest BCUT2D eigenvalue weighted by Crippen LogP contribution is 2.28. The number of benzene rings is 2. The predicted molar refractivity (Wildman–Crippen MR) is 108 cm³/mol. The molecule has 2 aromatic carbocycles. The third-order valence-electron chi connectivity index (χ3n) is 4.72.